The number of aryl methyl sites for hydroxylation is 1. The topological polar surface area (TPSA) is 111 Å². The number of aliphatic hydroxyl groups excluding tert-OH is 1. The Labute approximate surface area is 241 Å². The largest absolute Gasteiger partial charge is 0.390 e. The van der Waals surface area contributed by atoms with E-state index in [0.29, 0.717) is 29.8 Å². The van der Waals surface area contributed by atoms with Crippen LogP contribution in [0.1, 0.15) is 35.8 Å². The van der Waals surface area contributed by atoms with Crippen molar-refractivity contribution in [3.05, 3.63) is 107 Å². The fourth-order valence-electron chi connectivity index (χ4n) is 4.69. The number of halogens is 3. The smallest absolute Gasteiger partial charge is 0.297 e. The summed E-state index contributed by atoms with van der Waals surface area (Å²) in [4.78, 5) is 8.30. The summed E-state index contributed by atoms with van der Waals surface area (Å²) in [6, 6.07) is 13.7. The minimum atomic E-state index is -4.06. The molecule has 42 heavy (non-hydrogen) atoms. The maximum Gasteiger partial charge on any atom is 0.297 e. The number of hydrogen-bond donors (Lipinski definition) is 2. The molecule has 3 heterocycles. The third-order valence-electron chi connectivity index (χ3n) is 6.95. The lowest BCUT2D eigenvalue weighted by Gasteiger charge is -2.34. The first-order chi connectivity index (χ1) is 20.1. The molecule has 1 aliphatic rings. The highest BCUT2D eigenvalue weighted by Crippen LogP contribution is 2.36. The molecule has 0 bridgehead atoms. The van der Waals surface area contributed by atoms with Crippen molar-refractivity contribution in [3.63, 3.8) is 0 Å². The number of aliphatic hydroxyl groups is 1. The Morgan fingerprint density at radius 2 is 1.74 bits per heavy atom. The van der Waals surface area contributed by atoms with Crippen molar-refractivity contribution >= 4 is 15.8 Å². The van der Waals surface area contributed by atoms with Gasteiger partial charge in [-0.3, -0.25) is 9.17 Å². The molecule has 2 aromatic heterocycles. The minimum absolute atomic E-state index is 0.00544. The molecule has 12 heteroatoms. The molecular weight excluding hydrogens is 571 g/mol. The van der Waals surface area contributed by atoms with Crippen LogP contribution in [-0.2, 0) is 25.6 Å². The van der Waals surface area contributed by atoms with Crippen LogP contribution in [0.15, 0.2) is 78.0 Å². The summed E-state index contributed by atoms with van der Waals surface area (Å²) >= 11 is 0. The maximum absolute atomic E-state index is 14.5. The van der Waals surface area contributed by atoms with Gasteiger partial charge in [0.1, 0.15) is 29.2 Å². The van der Waals surface area contributed by atoms with Crippen LogP contribution in [-0.4, -0.2) is 42.3 Å². The van der Waals surface area contributed by atoms with E-state index in [0.717, 1.165) is 23.8 Å². The highest BCUT2D eigenvalue weighted by Gasteiger charge is 2.33. The monoisotopic (exact) mass is 599 g/mol. The van der Waals surface area contributed by atoms with E-state index in [2.05, 4.69) is 15.3 Å². The number of anilines is 1. The fourth-order valence-corrected chi connectivity index (χ4v) is 5.61. The lowest BCUT2D eigenvalue weighted by Crippen LogP contribution is -2.39. The third-order valence-corrected chi connectivity index (χ3v) is 8.25. The summed E-state index contributed by atoms with van der Waals surface area (Å²) in [5.74, 6) is -2.72. The number of rotatable bonds is 9. The zero-order valence-electron chi connectivity index (χ0n) is 22.5. The van der Waals surface area contributed by atoms with Crippen LogP contribution in [0, 0.1) is 24.4 Å². The lowest BCUT2D eigenvalue weighted by atomic mass is 9.96. The summed E-state index contributed by atoms with van der Waals surface area (Å²) in [5, 5.41) is 13.7. The van der Waals surface area contributed by atoms with Crippen LogP contribution in [0.4, 0.5) is 18.9 Å². The average molecular weight is 600 g/mol. The predicted octanol–water partition coefficient (Wildman–Crippen LogP) is 5.47. The molecule has 0 radical (unpaired) electrons. The molecule has 1 aliphatic heterocycles. The van der Waals surface area contributed by atoms with Gasteiger partial charge in [-0.15, -0.1) is 0 Å². The lowest BCUT2D eigenvalue weighted by molar-refractivity contribution is -0.131. The maximum atomic E-state index is 14.5. The summed E-state index contributed by atoms with van der Waals surface area (Å²) < 4.78 is 79.7. The Morgan fingerprint density at radius 3 is 2.48 bits per heavy atom. The Kier molecular flexibility index (Phi) is 8.88. The zero-order valence-corrected chi connectivity index (χ0v) is 23.3. The van der Waals surface area contributed by atoms with Crippen LogP contribution >= 0.6 is 0 Å². The van der Waals surface area contributed by atoms with Crippen molar-refractivity contribution < 1.29 is 35.6 Å². The van der Waals surface area contributed by atoms with E-state index in [1.807, 2.05) is 6.92 Å². The molecule has 1 saturated heterocycles. The van der Waals surface area contributed by atoms with Crippen molar-refractivity contribution in [1.29, 1.82) is 0 Å². The molecule has 3 atom stereocenters. The second kappa shape index (κ2) is 12.6. The third kappa shape index (κ3) is 6.62. The van der Waals surface area contributed by atoms with Crippen LogP contribution in [0.2, 0.25) is 0 Å². The van der Waals surface area contributed by atoms with Crippen molar-refractivity contribution in [2.45, 2.75) is 49.5 Å². The highest BCUT2D eigenvalue weighted by atomic mass is 32.2. The van der Waals surface area contributed by atoms with Crippen LogP contribution in [0.3, 0.4) is 0 Å². The summed E-state index contributed by atoms with van der Waals surface area (Å²) in [7, 11) is -4.06. The number of benzene rings is 2. The van der Waals surface area contributed by atoms with Gasteiger partial charge >= 0.3 is 0 Å². The average Bonchev–Trinajstić information content (AvgIpc) is 2.97. The van der Waals surface area contributed by atoms with Gasteiger partial charge in [0.05, 0.1) is 53.4 Å². The van der Waals surface area contributed by atoms with E-state index in [4.69, 9.17) is 8.92 Å². The summed E-state index contributed by atoms with van der Waals surface area (Å²) in [6.45, 7) is 1.53. The van der Waals surface area contributed by atoms with E-state index in [1.54, 1.807) is 30.6 Å². The molecule has 0 aliphatic carbocycles. The molecule has 0 unspecified atom stereocenters. The minimum Gasteiger partial charge on any atom is -0.390 e. The standard InChI is InChI=1S/C30H28F3N3O5S/c1-18-5-8-20(9-6-18)42(38,39)40-17-28-26(37)11-12-27(41-28)21-13-14-34-16-25(21)35-15-19-7-10-24(33)30(36-19)29-22(31)3-2-4-23(29)32/h2-10,13-14,16,26-28,35,37H,11-12,15,17H2,1H3/t26-,27+,28+/m0/s1. The Morgan fingerprint density at radius 1 is 1.00 bits per heavy atom. The fraction of sp³-hybridized carbons (Fsp3) is 0.267. The van der Waals surface area contributed by atoms with Crippen molar-refractivity contribution in [3.8, 4) is 11.3 Å². The van der Waals surface area contributed by atoms with Gasteiger partial charge < -0.3 is 15.2 Å². The second-order valence-corrected chi connectivity index (χ2v) is 11.5. The van der Waals surface area contributed by atoms with Gasteiger partial charge in [0, 0.05) is 11.8 Å². The molecule has 0 saturated carbocycles. The highest BCUT2D eigenvalue weighted by molar-refractivity contribution is 7.86. The normalized spacial score (nSPS) is 19.0. The van der Waals surface area contributed by atoms with Crippen LogP contribution < -0.4 is 5.32 Å². The molecule has 8 nitrogen and oxygen atoms in total. The number of hydrogen-bond acceptors (Lipinski definition) is 8. The number of nitrogens with zero attached hydrogens (tertiary/aromatic N) is 2. The number of nitrogens with one attached hydrogen (secondary N) is 1. The van der Waals surface area contributed by atoms with E-state index in [1.165, 1.54) is 24.3 Å². The van der Waals surface area contributed by atoms with E-state index in [9.17, 15) is 26.7 Å². The summed E-state index contributed by atoms with van der Waals surface area (Å²) in [5.41, 5.74) is 1.46. The van der Waals surface area contributed by atoms with Gasteiger partial charge in [-0.2, -0.15) is 8.42 Å². The first-order valence-electron chi connectivity index (χ1n) is 13.2. The van der Waals surface area contributed by atoms with E-state index in [-0.39, 0.29) is 18.0 Å². The molecule has 2 N–H and O–H groups in total. The van der Waals surface area contributed by atoms with Crippen molar-refractivity contribution in [1.82, 2.24) is 9.97 Å². The van der Waals surface area contributed by atoms with Crippen molar-refractivity contribution in [2.75, 3.05) is 11.9 Å². The van der Waals surface area contributed by atoms with Crippen LogP contribution in [0.5, 0.6) is 0 Å². The van der Waals surface area contributed by atoms with Gasteiger partial charge in [0.25, 0.3) is 10.1 Å². The summed E-state index contributed by atoms with van der Waals surface area (Å²) in [6.07, 6.45) is 1.51. The van der Waals surface area contributed by atoms with Gasteiger partial charge in [-0.05, 0) is 62.2 Å². The zero-order chi connectivity index (χ0) is 29.9. The molecule has 2 aromatic carbocycles. The van der Waals surface area contributed by atoms with Gasteiger partial charge in [0.2, 0.25) is 0 Å². The van der Waals surface area contributed by atoms with Crippen molar-refractivity contribution in [2.24, 2.45) is 0 Å². The molecular formula is C30H28F3N3O5S. The Balaban J connectivity index is 1.29. The van der Waals surface area contributed by atoms with Gasteiger partial charge in [0.15, 0.2) is 0 Å². The molecule has 220 valence electrons. The quantitative estimate of drug-likeness (QED) is 0.244. The first-order valence-corrected chi connectivity index (χ1v) is 14.6. The second-order valence-electron chi connectivity index (χ2n) is 9.91. The first kappa shape index (κ1) is 29.6. The number of ether oxygens (including phenoxy) is 1. The molecule has 0 amide bonds. The SMILES string of the molecule is Cc1ccc(S(=O)(=O)OC[C@H]2O[C@@H](c3ccncc3NCc3ccc(F)c(-c4c(F)cccc4F)n3)CC[C@@H]2O)cc1. The van der Waals surface area contributed by atoms with Crippen LogP contribution in [0.25, 0.3) is 11.3 Å². The molecule has 4 aromatic rings. The Hall–Kier alpha value is -3.84. The van der Waals surface area contributed by atoms with E-state index >= 15 is 0 Å². The van der Waals surface area contributed by atoms with E-state index < -0.39 is 57.1 Å². The molecule has 1 fully saturated rings. The molecule has 5 rings (SSSR count). The van der Waals surface area contributed by atoms with Gasteiger partial charge in [-0.25, -0.2) is 18.2 Å². The predicted molar refractivity (Wildman–Crippen MR) is 148 cm³/mol. The number of aromatic nitrogens is 2. The Bertz CT molecular complexity index is 1650. The molecule has 0 spiro atoms. The van der Waals surface area contributed by atoms with Gasteiger partial charge in [-0.1, -0.05) is 23.8 Å². The number of pyridine rings is 2.